The molecule has 1 N–H and O–H groups in total. The molecule has 0 atom stereocenters. The number of hydrogen-bond acceptors (Lipinski definition) is 2. The number of sulfonamides is 1. The quantitative estimate of drug-likeness (QED) is 0.868. The van der Waals surface area contributed by atoms with Crippen molar-refractivity contribution in [3.05, 3.63) is 27.7 Å². The molecule has 0 amide bonds. The Bertz CT molecular complexity index is 585. The predicted molar refractivity (Wildman–Crippen MR) is 78.7 cm³/mol. The summed E-state index contributed by atoms with van der Waals surface area (Å²) in [4.78, 5) is 0.170. The third-order valence-electron chi connectivity index (χ3n) is 3.73. The van der Waals surface area contributed by atoms with Crippen LogP contribution in [0.4, 0.5) is 0 Å². The molecule has 1 aromatic carbocycles. The van der Waals surface area contributed by atoms with Crippen molar-refractivity contribution in [2.75, 3.05) is 0 Å². The summed E-state index contributed by atoms with van der Waals surface area (Å²) in [5, 5.41) is 0.257. The van der Waals surface area contributed by atoms with Crippen LogP contribution in [0.3, 0.4) is 0 Å². The highest BCUT2D eigenvalue weighted by atomic mass is 79.9. The summed E-state index contributed by atoms with van der Waals surface area (Å²) in [5.74, 6) is 1.05. The van der Waals surface area contributed by atoms with Crippen LogP contribution in [0.1, 0.15) is 25.7 Å². The molecule has 0 heterocycles. The molecule has 2 aliphatic rings. The number of halogens is 2. The molecule has 0 radical (unpaired) electrons. The smallest absolute Gasteiger partial charge is 0.207 e. The maximum Gasteiger partial charge on any atom is 0.242 e. The Morgan fingerprint density at radius 3 is 2.26 bits per heavy atom. The molecular weight excluding hydrogens is 350 g/mol. The molecule has 3 rings (SSSR count). The monoisotopic (exact) mass is 363 g/mol. The third kappa shape index (κ3) is 3.15. The molecule has 6 heteroatoms. The first-order chi connectivity index (χ1) is 8.97. The summed E-state index contributed by atoms with van der Waals surface area (Å²) in [5.41, 5.74) is 0. The van der Waals surface area contributed by atoms with Gasteiger partial charge in [0.2, 0.25) is 10.0 Å². The average molecular weight is 365 g/mol. The van der Waals surface area contributed by atoms with E-state index in [9.17, 15) is 8.42 Å². The first kappa shape index (κ1) is 13.9. The Kier molecular flexibility index (Phi) is 3.67. The first-order valence-corrected chi connectivity index (χ1v) is 9.10. The molecule has 0 unspecified atom stereocenters. The largest absolute Gasteiger partial charge is 0.242 e. The average Bonchev–Trinajstić information content (AvgIpc) is 3.18. The summed E-state index contributed by atoms with van der Waals surface area (Å²) < 4.78 is 28.5. The molecule has 2 fully saturated rings. The zero-order chi connectivity index (χ0) is 13.6. The van der Waals surface area contributed by atoms with Crippen molar-refractivity contribution in [3.8, 4) is 0 Å². The minimum Gasteiger partial charge on any atom is -0.207 e. The van der Waals surface area contributed by atoms with Gasteiger partial charge in [-0.05, 0) is 55.7 Å². The van der Waals surface area contributed by atoms with Crippen molar-refractivity contribution in [1.82, 2.24) is 4.72 Å². The van der Waals surface area contributed by atoms with Gasteiger partial charge in [-0.3, -0.25) is 0 Å². The molecule has 0 aliphatic heterocycles. The zero-order valence-corrected chi connectivity index (χ0v) is 13.4. The number of rotatable bonds is 5. The van der Waals surface area contributed by atoms with Gasteiger partial charge in [-0.2, -0.15) is 0 Å². The predicted octanol–water partition coefficient (Wildman–Crippen LogP) is 3.57. The summed E-state index contributed by atoms with van der Waals surface area (Å²) in [6, 6.07) is 4.96. The lowest BCUT2D eigenvalue weighted by Crippen LogP contribution is -2.38. The lowest BCUT2D eigenvalue weighted by Gasteiger charge is -2.18. The van der Waals surface area contributed by atoms with Crippen molar-refractivity contribution in [3.63, 3.8) is 0 Å². The van der Waals surface area contributed by atoms with Gasteiger partial charge in [-0.25, -0.2) is 13.1 Å². The molecule has 1 aromatic rings. The van der Waals surface area contributed by atoms with E-state index in [1.165, 1.54) is 0 Å². The Labute approximate surface area is 126 Å². The van der Waals surface area contributed by atoms with Gasteiger partial charge < -0.3 is 0 Å². The standard InChI is InChI=1S/C13H15BrClNO2S/c14-10-5-6-12(11(15)7-10)19(17,18)16-13(8-1-2-8)9-3-4-9/h5-9,13,16H,1-4H2. The van der Waals surface area contributed by atoms with Crippen LogP contribution < -0.4 is 4.72 Å². The van der Waals surface area contributed by atoms with E-state index >= 15 is 0 Å². The van der Waals surface area contributed by atoms with Gasteiger partial charge in [0.25, 0.3) is 0 Å². The number of hydrogen-bond donors (Lipinski definition) is 1. The van der Waals surface area contributed by atoms with E-state index in [2.05, 4.69) is 20.7 Å². The maximum absolute atomic E-state index is 12.4. The molecule has 0 bridgehead atoms. The second-order valence-electron chi connectivity index (χ2n) is 5.40. The van der Waals surface area contributed by atoms with Crippen LogP contribution in [0.25, 0.3) is 0 Å². The fourth-order valence-electron chi connectivity index (χ4n) is 2.42. The van der Waals surface area contributed by atoms with Crippen molar-refractivity contribution in [1.29, 1.82) is 0 Å². The van der Waals surface area contributed by atoms with E-state index in [0.717, 1.165) is 30.2 Å². The number of benzene rings is 1. The summed E-state index contributed by atoms with van der Waals surface area (Å²) in [6.45, 7) is 0. The molecule has 0 aromatic heterocycles. The van der Waals surface area contributed by atoms with Crippen LogP contribution in [0, 0.1) is 11.8 Å². The molecule has 19 heavy (non-hydrogen) atoms. The Morgan fingerprint density at radius 1 is 1.21 bits per heavy atom. The van der Waals surface area contributed by atoms with E-state index in [-0.39, 0.29) is 16.0 Å². The molecule has 2 aliphatic carbocycles. The van der Waals surface area contributed by atoms with E-state index < -0.39 is 10.0 Å². The topological polar surface area (TPSA) is 46.2 Å². The Morgan fingerprint density at radius 2 is 1.79 bits per heavy atom. The van der Waals surface area contributed by atoms with Gasteiger partial charge in [-0.1, -0.05) is 27.5 Å². The zero-order valence-electron chi connectivity index (χ0n) is 10.3. The maximum atomic E-state index is 12.4. The highest BCUT2D eigenvalue weighted by Crippen LogP contribution is 2.45. The van der Waals surface area contributed by atoms with Gasteiger partial charge in [0, 0.05) is 10.5 Å². The minimum atomic E-state index is -3.52. The van der Waals surface area contributed by atoms with Gasteiger partial charge in [0.15, 0.2) is 0 Å². The molecular formula is C13H15BrClNO2S. The van der Waals surface area contributed by atoms with Gasteiger partial charge >= 0.3 is 0 Å². The van der Waals surface area contributed by atoms with Crippen molar-refractivity contribution in [2.24, 2.45) is 11.8 Å². The van der Waals surface area contributed by atoms with Gasteiger partial charge in [0.1, 0.15) is 4.90 Å². The third-order valence-corrected chi connectivity index (χ3v) is 6.17. The Balaban J connectivity index is 1.85. The SMILES string of the molecule is O=S(=O)(NC(C1CC1)C1CC1)c1ccc(Br)cc1Cl. The summed E-state index contributed by atoms with van der Waals surface area (Å²) >= 11 is 9.32. The second-order valence-corrected chi connectivity index (χ2v) is 8.40. The van der Waals surface area contributed by atoms with E-state index in [4.69, 9.17) is 11.6 Å². The van der Waals surface area contributed by atoms with Crippen LogP contribution in [-0.2, 0) is 10.0 Å². The summed E-state index contributed by atoms with van der Waals surface area (Å²) in [6.07, 6.45) is 4.55. The van der Waals surface area contributed by atoms with Gasteiger partial charge in [-0.15, -0.1) is 0 Å². The number of nitrogens with one attached hydrogen (secondary N) is 1. The van der Waals surface area contributed by atoms with Crippen LogP contribution in [0.5, 0.6) is 0 Å². The highest BCUT2D eigenvalue weighted by Gasteiger charge is 2.43. The van der Waals surface area contributed by atoms with Crippen LogP contribution in [0.2, 0.25) is 5.02 Å². The van der Waals surface area contributed by atoms with Crippen molar-refractivity contribution in [2.45, 2.75) is 36.6 Å². The normalized spacial score (nSPS) is 19.9. The lowest BCUT2D eigenvalue weighted by atomic mass is 10.1. The van der Waals surface area contributed by atoms with E-state index in [1.807, 2.05) is 0 Å². The van der Waals surface area contributed by atoms with Crippen LogP contribution >= 0.6 is 27.5 Å². The molecule has 0 saturated heterocycles. The second kappa shape index (κ2) is 5.02. The first-order valence-electron chi connectivity index (χ1n) is 6.45. The van der Waals surface area contributed by atoms with E-state index in [1.54, 1.807) is 18.2 Å². The van der Waals surface area contributed by atoms with E-state index in [0.29, 0.717) is 11.8 Å². The fourth-order valence-corrected chi connectivity index (χ4v) is 4.83. The lowest BCUT2D eigenvalue weighted by molar-refractivity contribution is 0.471. The molecule has 3 nitrogen and oxygen atoms in total. The molecule has 0 spiro atoms. The molecule has 2 saturated carbocycles. The molecule has 104 valence electrons. The summed E-state index contributed by atoms with van der Waals surface area (Å²) in [7, 11) is -3.52. The fraction of sp³-hybridized carbons (Fsp3) is 0.538. The van der Waals surface area contributed by atoms with Crippen molar-refractivity contribution < 1.29 is 8.42 Å². The van der Waals surface area contributed by atoms with Crippen LogP contribution in [-0.4, -0.2) is 14.5 Å². The van der Waals surface area contributed by atoms with Crippen LogP contribution in [0.15, 0.2) is 27.6 Å². The minimum absolute atomic E-state index is 0.102. The Hall–Kier alpha value is -0.100. The highest BCUT2D eigenvalue weighted by molar-refractivity contribution is 9.10. The van der Waals surface area contributed by atoms with Gasteiger partial charge in [0.05, 0.1) is 5.02 Å². The van der Waals surface area contributed by atoms with Crippen molar-refractivity contribution >= 4 is 37.6 Å².